The normalized spacial score (nSPS) is 15.3. The Bertz CT molecular complexity index is 1910. The highest BCUT2D eigenvalue weighted by molar-refractivity contribution is 5.94. The Kier molecular flexibility index (Phi) is 5.87. The minimum atomic E-state index is -0.640. The summed E-state index contributed by atoms with van der Waals surface area (Å²) >= 11 is 0. The lowest BCUT2D eigenvalue weighted by Crippen LogP contribution is -2.12. The number of hydrogen-bond acceptors (Lipinski definition) is 5. The van der Waals surface area contributed by atoms with Crippen LogP contribution >= 0.6 is 0 Å². The number of aliphatic hydroxyl groups excluding tert-OH is 1. The quantitative estimate of drug-likeness (QED) is 0.251. The van der Waals surface area contributed by atoms with E-state index in [4.69, 9.17) is 15.2 Å². The van der Waals surface area contributed by atoms with E-state index in [1.807, 2.05) is 71.3 Å². The molecule has 8 heteroatoms. The van der Waals surface area contributed by atoms with Crippen molar-refractivity contribution >= 4 is 21.9 Å². The molecular formula is C33H35N7O. The first-order valence-electron chi connectivity index (χ1n) is 14.4. The lowest BCUT2D eigenvalue weighted by molar-refractivity contribution is 0.152. The molecule has 1 saturated carbocycles. The Morgan fingerprint density at radius 3 is 2.49 bits per heavy atom. The zero-order valence-electron chi connectivity index (χ0n) is 24.2. The fraction of sp³-hybridized carbons (Fsp3) is 0.333. The van der Waals surface area contributed by atoms with E-state index in [-0.39, 0.29) is 11.3 Å². The minimum absolute atomic E-state index is 0.0400. The van der Waals surface area contributed by atoms with Gasteiger partial charge in [0.2, 0.25) is 0 Å². The van der Waals surface area contributed by atoms with Gasteiger partial charge in [-0.3, -0.25) is 9.36 Å². The van der Waals surface area contributed by atoms with Crippen LogP contribution in [0.5, 0.6) is 0 Å². The van der Waals surface area contributed by atoms with Crippen LogP contribution in [0.3, 0.4) is 0 Å². The molecule has 1 fully saturated rings. The van der Waals surface area contributed by atoms with Crippen molar-refractivity contribution in [2.75, 3.05) is 0 Å². The van der Waals surface area contributed by atoms with E-state index < -0.39 is 6.10 Å². The smallest absolute Gasteiger partial charge is 0.181 e. The van der Waals surface area contributed by atoms with Crippen LogP contribution in [0.1, 0.15) is 68.1 Å². The lowest BCUT2D eigenvalue weighted by Gasteiger charge is -2.15. The van der Waals surface area contributed by atoms with Gasteiger partial charge in [-0.1, -0.05) is 63.2 Å². The molecule has 8 nitrogen and oxygen atoms in total. The van der Waals surface area contributed by atoms with Crippen LogP contribution in [-0.2, 0) is 19.0 Å². The van der Waals surface area contributed by atoms with E-state index in [0.29, 0.717) is 6.54 Å². The van der Waals surface area contributed by atoms with Gasteiger partial charge in [0.15, 0.2) is 5.65 Å². The standard InChI is InChI=1S/C33H35N7O/c1-20(2)29-21(3)40(27-16-23-17-38(5)37-32(23)34-31(27)33(4)14-15-33)36-30(29)24-12-9-13-26-25(24)18-39(35-26)19-28(41)22-10-7-6-8-11-22/h6-13,16-18,20,28,41H,14-15,19H2,1-5H3/t28-/m0/s1. The molecule has 41 heavy (non-hydrogen) atoms. The largest absolute Gasteiger partial charge is 0.386 e. The summed E-state index contributed by atoms with van der Waals surface area (Å²) in [7, 11) is 1.94. The molecule has 208 valence electrons. The Morgan fingerprint density at radius 1 is 0.976 bits per heavy atom. The van der Waals surface area contributed by atoms with Crippen molar-refractivity contribution in [1.29, 1.82) is 0 Å². The predicted molar refractivity (Wildman–Crippen MR) is 161 cm³/mol. The molecule has 1 aliphatic rings. The van der Waals surface area contributed by atoms with E-state index in [0.717, 1.165) is 68.7 Å². The molecular weight excluding hydrogens is 510 g/mol. The summed E-state index contributed by atoms with van der Waals surface area (Å²) in [6.45, 7) is 9.28. The number of hydrogen-bond donors (Lipinski definition) is 1. The molecule has 0 spiro atoms. The fourth-order valence-electron chi connectivity index (χ4n) is 6.08. The molecule has 2 aromatic carbocycles. The second kappa shape index (κ2) is 9.38. The van der Waals surface area contributed by atoms with Gasteiger partial charge in [0.25, 0.3) is 0 Å². The molecule has 4 aromatic heterocycles. The third kappa shape index (κ3) is 4.34. The zero-order valence-corrected chi connectivity index (χ0v) is 24.2. The van der Waals surface area contributed by atoms with Crippen molar-refractivity contribution in [2.24, 2.45) is 7.05 Å². The number of rotatable bonds is 7. The second-order valence-corrected chi connectivity index (χ2v) is 12.1. The fourth-order valence-corrected chi connectivity index (χ4v) is 6.08. The van der Waals surface area contributed by atoms with E-state index >= 15 is 0 Å². The van der Waals surface area contributed by atoms with Gasteiger partial charge in [0.05, 0.1) is 35.2 Å². The highest BCUT2D eigenvalue weighted by Gasteiger charge is 2.43. The lowest BCUT2D eigenvalue weighted by atomic mass is 9.95. The van der Waals surface area contributed by atoms with Gasteiger partial charge < -0.3 is 5.11 Å². The van der Waals surface area contributed by atoms with Crippen LogP contribution in [0, 0.1) is 6.92 Å². The topological polar surface area (TPSA) is 86.6 Å². The van der Waals surface area contributed by atoms with Gasteiger partial charge in [-0.05, 0) is 43.4 Å². The number of nitrogens with zero attached hydrogens (tertiary/aromatic N) is 7. The van der Waals surface area contributed by atoms with Crippen molar-refractivity contribution in [3.63, 3.8) is 0 Å². The number of fused-ring (bicyclic) bond motifs is 2. The predicted octanol–water partition coefficient (Wildman–Crippen LogP) is 6.39. The average molecular weight is 546 g/mol. The maximum atomic E-state index is 10.9. The highest BCUT2D eigenvalue weighted by Crippen LogP contribution is 2.49. The molecule has 1 atom stereocenters. The van der Waals surface area contributed by atoms with Crippen LogP contribution in [0.2, 0.25) is 0 Å². The molecule has 0 amide bonds. The van der Waals surface area contributed by atoms with E-state index in [2.05, 4.69) is 49.6 Å². The van der Waals surface area contributed by atoms with Gasteiger partial charge in [-0.2, -0.15) is 15.3 Å². The average Bonchev–Trinajstić information content (AvgIpc) is 3.26. The first-order chi connectivity index (χ1) is 19.7. The van der Waals surface area contributed by atoms with Crippen LogP contribution in [0.4, 0.5) is 0 Å². The van der Waals surface area contributed by atoms with E-state index in [1.54, 1.807) is 0 Å². The third-order valence-electron chi connectivity index (χ3n) is 8.53. The molecule has 0 bridgehead atoms. The summed E-state index contributed by atoms with van der Waals surface area (Å²) in [5.41, 5.74) is 9.02. The molecule has 4 heterocycles. The molecule has 6 aromatic rings. The molecule has 1 N–H and O–H groups in total. The van der Waals surface area contributed by atoms with Crippen LogP contribution < -0.4 is 0 Å². The number of aliphatic hydroxyl groups is 1. The van der Waals surface area contributed by atoms with Gasteiger partial charge in [0.1, 0.15) is 0 Å². The van der Waals surface area contributed by atoms with Crippen LogP contribution in [0.25, 0.3) is 38.9 Å². The Morgan fingerprint density at radius 2 is 1.76 bits per heavy atom. The maximum Gasteiger partial charge on any atom is 0.181 e. The molecule has 0 saturated heterocycles. The highest BCUT2D eigenvalue weighted by atomic mass is 16.3. The summed E-state index contributed by atoms with van der Waals surface area (Å²) in [5.74, 6) is 0.263. The first kappa shape index (κ1) is 25.7. The molecule has 1 aliphatic carbocycles. The molecule has 7 rings (SSSR count). The first-order valence-corrected chi connectivity index (χ1v) is 14.4. The van der Waals surface area contributed by atoms with Crippen LogP contribution in [0.15, 0.2) is 67.0 Å². The summed E-state index contributed by atoms with van der Waals surface area (Å²) in [5, 5.41) is 27.6. The van der Waals surface area contributed by atoms with Gasteiger partial charge in [0, 0.05) is 52.4 Å². The Labute approximate surface area is 239 Å². The van der Waals surface area contributed by atoms with Crippen molar-refractivity contribution in [3.05, 3.63) is 89.5 Å². The number of aryl methyl sites for hydroxylation is 1. The van der Waals surface area contributed by atoms with Gasteiger partial charge in [-0.15, -0.1) is 0 Å². The van der Waals surface area contributed by atoms with E-state index in [9.17, 15) is 5.11 Å². The summed E-state index contributed by atoms with van der Waals surface area (Å²) in [6.07, 6.45) is 5.65. The molecule has 0 aliphatic heterocycles. The Balaban J connectivity index is 1.37. The van der Waals surface area contributed by atoms with Crippen molar-refractivity contribution < 1.29 is 5.11 Å². The minimum Gasteiger partial charge on any atom is -0.386 e. The number of pyridine rings is 1. The summed E-state index contributed by atoms with van der Waals surface area (Å²) in [6, 6.07) is 18.1. The maximum absolute atomic E-state index is 10.9. The van der Waals surface area contributed by atoms with Gasteiger partial charge >= 0.3 is 0 Å². The number of aromatic nitrogens is 7. The van der Waals surface area contributed by atoms with Crippen molar-refractivity contribution in [3.8, 4) is 16.9 Å². The Hall–Kier alpha value is -4.30. The molecule has 0 unspecified atom stereocenters. The number of benzene rings is 2. The SMILES string of the molecule is Cc1c(C(C)C)c(-c2cccc3nn(C[C@H](O)c4ccccc4)cc23)nn1-c1cc2cn(C)nc2nc1C1(C)CC1. The summed E-state index contributed by atoms with van der Waals surface area (Å²) in [4.78, 5) is 5.08. The van der Waals surface area contributed by atoms with Crippen LogP contribution in [-0.4, -0.2) is 39.4 Å². The van der Waals surface area contributed by atoms with Crippen molar-refractivity contribution in [1.82, 2.24) is 34.3 Å². The van der Waals surface area contributed by atoms with E-state index in [1.165, 1.54) is 5.56 Å². The van der Waals surface area contributed by atoms with Crippen molar-refractivity contribution in [2.45, 2.75) is 64.5 Å². The second-order valence-electron chi connectivity index (χ2n) is 12.1. The van der Waals surface area contributed by atoms with Gasteiger partial charge in [-0.25, -0.2) is 9.67 Å². The third-order valence-corrected chi connectivity index (χ3v) is 8.53. The summed E-state index contributed by atoms with van der Waals surface area (Å²) < 4.78 is 5.77. The zero-order chi connectivity index (χ0) is 28.5. The molecule has 0 radical (unpaired) electrons. The monoisotopic (exact) mass is 545 g/mol.